The first kappa shape index (κ1) is 19.0. The van der Waals surface area contributed by atoms with Crippen molar-refractivity contribution in [3.8, 4) is 5.75 Å². The number of nitrogens with one attached hydrogen (secondary N) is 1. The third-order valence-corrected chi connectivity index (χ3v) is 3.65. The molecule has 5 nitrogen and oxygen atoms in total. The molecule has 25 heavy (non-hydrogen) atoms. The van der Waals surface area contributed by atoms with Gasteiger partial charge in [-0.2, -0.15) is 4.98 Å². The second-order valence-corrected chi connectivity index (χ2v) is 6.47. The molecule has 0 bridgehead atoms. The lowest BCUT2D eigenvalue weighted by molar-refractivity contribution is 0.244. The van der Waals surface area contributed by atoms with Crippen LogP contribution in [0.1, 0.15) is 46.2 Å². The second kappa shape index (κ2) is 9.25. The van der Waals surface area contributed by atoms with Crippen molar-refractivity contribution in [3.05, 3.63) is 36.0 Å². The summed E-state index contributed by atoms with van der Waals surface area (Å²) in [4.78, 5) is 11.6. The van der Waals surface area contributed by atoms with E-state index in [1.54, 1.807) is 0 Å². The highest BCUT2D eigenvalue weighted by molar-refractivity contribution is 5.63. The van der Waals surface area contributed by atoms with Gasteiger partial charge in [0.2, 0.25) is 5.95 Å². The molecule has 1 N–H and O–H groups in total. The van der Waals surface area contributed by atoms with Gasteiger partial charge in [0.15, 0.2) is 0 Å². The first-order chi connectivity index (χ1) is 12.0. The van der Waals surface area contributed by atoms with Gasteiger partial charge in [0.1, 0.15) is 11.6 Å². The van der Waals surface area contributed by atoms with Crippen LogP contribution in [0.5, 0.6) is 5.75 Å². The van der Waals surface area contributed by atoms with Crippen molar-refractivity contribution in [1.82, 2.24) is 9.97 Å². The molecule has 0 unspecified atom stereocenters. The summed E-state index contributed by atoms with van der Waals surface area (Å²) in [5, 5.41) is 3.32. The number of ether oxygens (including phenoxy) is 1. The molecule has 5 heteroatoms. The Balaban J connectivity index is 2.28. The number of hydrogen-bond acceptors (Lipinski definition) is 5. The van der Waals surface area contributed by atoms with Crippen LogP contribution in [0, 0.1) is 6.92 Å². The van der Waals surface area contributed by atoms with E-state index in [9.17, 15) is 0 Å². The molecule has 0 fully saturated rings. The number of nitrogens with zero attached hydrogens (tertiary/aromatic N) is 3. The summed E-state index contributed by atoms with van der Waals surface area (Å²) in [6.07, 6.45) is 2.30. The summed E-state index contributed by atoms with van der Waals surface area (Å²) in [5.74, 6) is 2.39. The Morgan fingerprint density at radius 3 is 2.40 bits per heavy atom. The fourth-order valence-corrected chi connectivity index (χ4v) is 2.70. The average molecular weight is 342 g/mol. The van der Waals surface area contributed by atoms with Crippen molar-refractivity contribution in [3.63, 3.8) is 0 Å². The van der Waals surface area contributed by atoms with E-state index >= 15 is 0 Å². The van der Waals surface area contributed by atoms with Gasteiger partial charge in [-0.05, 0) is 45.7 Å². The first-order valence-electron chi connectivity index (χ1n) is 9.16. The highest BCUT2D eigenvalue weighted by atomic mass is 16.5. The number of rotatable bonds is 9. The predicted octanol–water partition coefficient (Wildman–Crippen LogP) is 4.94. The second-order valence-electron chi connectivity index (χ2n) is 6.47. The van der Waals surface area contributed by atoms with E-state index in [1.165, 1.54) is 0 Å². The molecule has 2 aromatic rings. The van der Waals surface area contributed by atoms with Crippen LogP contribution in [0.15, 0.2) is 30.3 Å². The molecule has 0 aliphatic carbocycles. The lowest BCUT2D eigenvalue weighted by Crippen LogP contribution is -2.26. The van der Waals surface area contributed by atoms with E-state index in [2.05, 4.69) is 29.0 Å². The molecule has 0 saturated carbocycles. The van der Waals surface area contributed by atoms with Crippen LogP contribution in [-0.2, 0) is 0 Å². The fourth-order valence-electron chi connectivity index (χ4n) is 2.70. The Bertz CT molecular complexity index is 666. The van der Waals surface area contributed by atoms with Gasteiger partial charge in [-0.25, -0.2) is 4.98 Å². The Kier molecular flexibility index (Phi) is 7.04. The van der Waals surface area contributed by atoms with Crippen molar-refractivity contribution in [2.24, 2.45) is 0 Å². The van der Waals surface area contributed by atoms with Crippen LogP contribution >= 0.6 is 0 Å². The summed E-state index contributed by atoms with van der Waals surface area (Å²) < 4.78 is 5.87. The Morgan fingerprint density at radius 2 is 1.76 bits per heavy atom. The third-order valence-electron chi connectivity index (χ3n) is 3.65. The van der Waals surface area contributed by atoms with Crippen molar-refractivity contribution < 1.29 is 4.74 Å². The van der Waals surface area contributed by atoms with Gasteiger partial charge in [-0.1, -0.05) is 26.0 Å². The van der Waals surface area contributed by atoms with Gasteiger partial charge in [0, 0.05) is 24.8 Å². The van der Waals surface area contributed by atoms with Gasteiger partial charge in [0.25, 0.3) is 0 Å². The third kappa shape index (κ3) is 5.62. The maximum absolute atomic E-state index is 5.87. The zero-order chi connectivity index (χ0) is 18.2. The molecule has 0 amide bonds. The van der Waals surface area contributed by atoms with Crippen molar-refractivity contribution in [2.75, 3.05) is 23.3 Å². The van der Waals surface area contributed by atoms with E-state index < -0.39 is 0 Å². The molecule has 0 saturated heterocycles. The average Bonchev–Trinajstić information content (AvgIpc) is 2.55. The van der Waals surface area contributed by atoms with Gasteiger partial charge in [-0.3, -0.25) is 0 Å². The highest BCUT2D eigenvalue weighted by Gasteiger charge is 2.11. The zero-order valence-electron chi connectivity index (χ0n) is 16.0. The maximum atomic E-state index is 5.87. The van der Waals surface area contributed by atoms with Crippen molar-refractivity contribution in [1.29, 1.82) is 0 Å². The zero-order valence-corrected chi connectivity index (χ0v) is 16.0. The smallest absolute Gasteiger partial charge is 0.229 e. The van der Waals surface area contributed by atoms with Crippen LogP contribution in [-0.4, -0.2) is 29.2 Å². The Hall–Kier alpha value is -2.30. The number of benzene rings is 1. The Labute approximate surface area is 151 Å². The topological polar surface area (TPSA) is 50.3 Å². The van der Waals surface area contributed by atoms with Crippen molar-refractivity contribution >= 4 is 17.5 Å². The monoisotopic (exact) mass is 342 g/mol. The summed E-state index contributed by atoms with van der Waals surface area (Å²) >= 11 is 0. The van der Waals surface area contributed by atoms with Crippen LogP contribution < -0.4 is 15.0 Å². The van der Waals surface area contributed by atoms with E-state index in [1.807, 2.05) is 51.1 Å². The number of para-hydroxylation sites is 2. The number of aryl methyl sites for hydroxylation is 1. The summed E-state index contributed by atoms with van der Waals surface area (Å²) in [7, 11) is 0. The van der Waals surface area contributed by atoms with E-state index in [0.717, 1.165) is 48.9 Å². The molecule has 0 aliphatic rings. The van der Waals surface area contributed by atoms with E-state index in [-0.39, 0.29) is 6.10 Å². The molecule has 0 spiro atoms. The molecule has 136 valence electrons. The lowest BCUT2D eigenvalue weighted by atomic mass is 10.3. The van der Waals surface area contributed by atoms with Crippen LogP contribution in [0.25, 0.3) is 0 Å². The number of hydrogen-bond donors (Lipinski definition) is 1. The first-order valence-corrected chi connectivity index (χ1v) is 9.16. The van der Waals surface area contributed by atoms with Gasteiger partial charge in [-0.15, -0.1) is 0 Å². The molecular weight excluding hydrogens is 312 g/mol. The van der Waals surface area contributed by atoms with Gasteiger partial charge >= 0.3 is 0 Å². The minimum Gasteiger partial charge on any atom is -0.489 e. The largest absolute Gasteiger partial charge is 0.489 e. The molecule has 1 aromatic carbocycles. The van der Waals surface area contributed by atoms with Gasteiger partial charge in [0.05, 0.1) is 11.8 Å². The Morgan fingerprint density at radius 1 is 1.08 bits per heavy atom. The highest BCUT2D eigenvalue weighted by Crippen LogP contribution is 2.28. The van der Waals surface area contributed by atoms with Gasteiger partial charge < -0.3 is 15.0 Å². The standard InChI is InChI=1S/C20H30N4O/c1-6-12-24(13-7-2)19-14-16(5)21-20(23-19)22-17-10-8-9-11-18(17)25-15(3)4/h8-11,14-15H,6-7,12-13H2,1-5H3,(H,21,22,23). The van der Waals surface area contributed by atoms with Crippen molar-refractivity contribution in [2.45, 2.75) is 53.6 Å². The fraction of sp³-hybridized carbons (Fsp3) is 0.500. The summed E-state index contributed by atoms with van der Waals surface area (Å²) in [5.41, 5.74) is 1.83. The van der Waals surface area contributed by atoms with Crippen LogP contribution in [0.4, 0.5) is 17.5 Å². The molecule has 1 heterocycles. The molecular formula is C20H30N4O. The molecule has 0 radical (unpaired) electrons. The van der Waals surface area contributed by atoms with E-state index in [4.69, 9.17) is 9.72 Å². The molecule has 2 rings (SSSR count). The predicted molar refractivity (Wildman–Crippen MR) is 105 cm³/mol. The van der Waals surface area contributed by atoms with Crippen LogP contribution in [0.2, 0.25) is 0 Å². The molecule has 0 aliphatic heterocycles. The maximum Gasteiger partial charge on any atom is 0.229 e. The minimum atomic E-state index is 0.113. The number of anilines is 3. The minimum absolute atomic E-state index is 0.113. The normalized spacial score (nSPS) is 10.8. The van der Waals surface area contributed by atoms with Crippen LogP contribution in [0.3, 0.4) is 0 Å². The molecule has 1 aromatic heterocycles. The summed E-state index contributed by atoms with van der Waals surface area (Å²) in [6, 6.07) is 9.94. The summed E-state index contributed by atoms with van der Waals surface area (Å²) in [6.45, 7) is 12.4. The lowest BCUT2D eigenvalue weighted by Gasteiger charge is -2.23. The van der Waals surface area contributed by atoms with E-state index in [0.29, 0.717) is 5.95 Å². The number of aromatic nitrogens is 2. The SMILES string of the molecule is CCCN(CCC)c1cc(C)nc(Nc2ccccc2OC(C)C)n1. The molecule has 0 atom stereocenters. The quantitative estimate of drug-likeness (QED) is 0.699.